The largest absolute Gasteiger partial charge is 0.396 e. The van der Waals surface area contributed by atoms with Crippen LogP contribution in [0.2, 0.25) is 0 Å². The zero-order valence-electron chi connectivity index (χ0n) is 8.33. The van der Waals surface area contributed by atoms with Gasteiger partial charge in [-0.05, 0) is 6.42 Å². The highest BCUT2D eigenvalue weighted by molar-refractivity contribution is 5.92. The van der Waals surface area contributed by atoms with Crippen LogP contribution in [0.15, 0.2) is 18.6 Å². The quantitative estimate of drug-likeness (QED) is 0.737. The molecule has 0 aromatic carbocycles. The van der Waals surface area contributed by atoms with Crippen LogP contribution < -0.4 is 0 Å². The van der Waals surface area contributed by atoms with Crippen molar-refractivity contribution in [3.63, 3.8) is 0 Å². The standard InChI is InChI=1S/C10H13N3O2/c14-7-8-1-4-13(6-8)10(15)9-5-11-2-3-12-9/h2-3,5,8,14H,1,4,6-7H2. The first kappa shape index (κ1) is 10.0. The number of hydrogen-bond acceptors (Lipinski definition) is 4. The Balaban J connectivity index is 2.04. The van der Waals surface area contributed by atoms with Gasteiger partial charge in [-0.15, -0.1) is 0 Å². The Labute approximate surface area is 87.8 Å². The Morgan fingerprint density at radius 1 is 1.60 bits per heavy atom. The molecule has 5 heteroatoms. The van der Waals surface area contributed by atoms with Gasteiger partial charge in [-0.2, -0.15) is 0 Å². The Bertz CT molecular complexity index is 342. The van der Waals surface area contributed by atoms with E-state index in [1.165, 1.54) is 18.6 Å². The van der Waals surface area contributed by atoms with Crippen LogP contribution in [0.3, 0.4) is 0 Å². The molecule has 0 aliphatic carbocycles. The minimum atomic E-state index is -0.0981. The van der Waals surface area contributed by atoms with E-state index in [1.807, 2.05) is 0 Å². The normalized spacial score (nSPS) is 20.6. The molecular weight excluding hydrogens is 194 g/mol. The average molecular weight is 207 g/mol. The molecule has 80 valence electrons. The van der Waals surface area contributed by atoms with Crippen LogP contribution in [0.5, 0.6) is 0 Å². The van der Waals surface area contributed by atoms with E-state index in [9.17, 15) is 4.79 Å². The molecule has 1 atom stereocenters. The highest BCUT2D eigenvalue weighted by atomic mass is 16.3. The number of nitrogens with zero attached hydrogens (tertiary/aromatic N) is 3. The SMILES string of the molecule is O=C(c1cnccn1)N1CCC(CO)C1. The fourth-order valence-electron chi connectivity index (χ4n) is 1.74. The maximum atomic E-state index is 11.9. The molecule has 0 spiro atoms. The van der Waals surface area contributed by atoms with E-state index >= 15 is 0 Å². The predicted molar refractivity (Wildman–Crippen MR) is 53.1 cm³/mol. The third-order valence-electron chi connectivity index (χ3n) is 2.61. The molecular formula is C10H13N3O2. The summed E-state index contributed by atoms with van der Waals surface area (Å²) in [6, 6.07) is 0. The Morgan fingerprint density at radius 3 is 3.07 bits per heavy atom. The molecule has 0 radical (unpaired) electrons. The minimum Gasteiger partial charge on any atom is -0.396 e. The molecule has 1 amide bonds. The second-order valence-electron chi connectivity index (χ2n) is 3.68. The zero-order chi connectivity index (χ0) is 10.7. The van der Waals surface area contributed by atoms with Gasteiger partial charge in [0.25, 0.3) is 5.91 Å². The summed E-state index contributed by atoms with van der Waals surface area (Å²) in [5.41, 5.74) is 0.371. The number of carbonyl (C=O) groups is 1. The molecule has 1 fully saturated rings. The number of rotatable bonds is 2. The molecule has 1 unspecified atom stereocenters. The summed E-state index contributed by atoms with van der Waals surface area (Å²) in [7, 11) is 0. The number of aromatic nitrogens is 2. The molecule has 2 rings (SSSR count). The lowest BCUT2D eigenvalue weighted by Gasteiger charge is -2.14. The van der Waals surface area contributed by atoms with Crippen molar-refractivity contribution in [3.8, 4) is 0 Å². The lowest BCUT2D eigenvalue weighted by molar-refractivity contribution is 0.0775. The molecule has 1 aromatic heterocycles. The molecule has 2 heterocycles. The predicted octanol–water partition coefficient (Wildman–Crippen LogP) is -0.0690. The maximum absolute atomic E-state index is 11.9. The van der Waals surface area contributed by atoms with Crippen molar-refractivity contribution >= 4 is 5.91 Å². The number of aliphatic hydroxyl groups excluding tert-OH is 1. The summed E-state index contributed by atoms with van der Waals surface area (Å²) < 4.78 is 0. The molecule has 15 heavy (non-hydrogen) atoms. The third kappa shape index (κ3) is 2.12. The summed E-state index contributed by atoms with van der Waals surface area (Å²) >= 11 is 0. The minimum absolute atomic E-state index is 0.0981. The van der Waals surface area contributed by atoms with Gasteiger partial charge in [0.1, 0.15) is 5.69 Å². The van der Waals surface area contributed by atoms with Crippen molar-refractivity contribution in [1.29, 1.82) is 0 Å². The fourth-order valence-corrected chi connectivity index (χ4v) is 1.74. The topological polar surface area (TPSA) is 66.3 Å². The third-order valence-corrected chi connectivity index (χ3v) is 2.61. The van der Waals surface area contributed by atoms with Gasteiger partial charge in [-0.1, -0.05) is 0 Å². The van der Waals surface area contributed by atoms with Gasteiger partial charge in [-0.25, -0.2) is 4.98 Å². The van der Waals surface area contributed by atoms with E-state index in [-0.39, 0.29) is 18.4 Å². The summed E-state index contributed by atoms with van der Waals surface area (Å²) in [6.45, 7) is 1.46. The lowest BCUT2D eigenvalue weighted by Crippen LogP contribution is -2.29. The second kappa shape index (κ2) is 4.35. The van der Waals surface area contributed by atoms with E-state index in [4.69, 9.17) is 5.11 Å². The molecule has 1 N–H and O–H groups in total. The van der Waals surface area contributed by atoms with Crippen molar-refractivity contribution in [3.05, 3.63) is 24.3 Å². The molecule has 1 aliphatic heterocycles. The average Bonchev–Trinajstić information content (AvgIpc) is 2.78. The number of aliphatic hydroxyl groups is 1. The van der Waals surface area contributed by atoms with Gasteiger partial charge in [0.15, 0.2) is 0 Å². The molecule has 1 saturated heterocycles. The molecule has 0 bridgehead atoms. The van der Waals surface area contributed by atoms with E-state index in [0.717, 1.165) is 6.42 Å². The first-order valence-electron chi connectivity index (χ1n) is 4.97. The first-order chi connectivity index (χ1) is 7.31. The molecule has 5 nitrogen and oxygen atoms in total. The zero-order valence-corrected chi connectivity index (χ0v) is 8.33. The Kier molecular flexibility index (Phi) is 2.91. The van der Waals surface area contributed by atoms with Crippen LogP contribution >= 0.6 is 0 Å². The monoisotopic (exact) mass is 207 g/mol. The Morgan fingerprint density at radius 2 is 2.47 bits per heavy atom. The highest BCUT2D eigenvalue weighted by Gasteiger charge is 2.26. The van der Waals surface area contributed by atoms with Crippen LogP contribution in [0.25, 0.3) is 0 Å². The van der Waals surface area contributed by atoms with E-state index < -0.39 is 0 Å². The van der Waals surface area contributed by atoms with Gasteiger partial charge in [-0.3, -0.25) is 9.78 Å². The van der Waals surface area contributed by atoms with Crippen molar-refractivity contribution in [2.75, 3.05) is 19.7 Å². The second-order valence-corrected chi connectivity index (χ2v) is 3.68. The van der Waals surface area contributed by atoms with Gasteiger partial charge in [0, 0.05) is 38.0 Å². The maximum Gasteiger partial charge on any atom is 0.274 e. The highest BCUT2D eigenvalue weighted by Crippen LogP contribution is 2.16. The smallest absolute Gasteiger partial charge is 0.274 e. The van der Waals surface area contributed by atoms with Crippen molar-refractivity contribution in [1.82, 2.24) is 14.9 Å². The molecule has 1 aromatic rings. The van der Waals surface area contributed by atoms with Crippen molar-refractivity contribution in [2.24, 2.45) is 5.92 Å². The first-order valence-corrected chi connectivity index (χ1v) is 4.97. The van der Waals surface area contributed by atoms with E-state index in [0.29, 0.717) is 18.8 Å². The van der Waals surface area contributed by atoms with Crippen LogP contribution in [0.4, 0.5) is 0 Å². The fraction of sp³-hybridized carbons (Fsp3) is 0.500. The van der Waals surface area contributed by atoms with Crippen LogP contribution in [-0.4, -0.2) is 45.6 Å². The number of hydrogen-bond donors (Lipinski definition) is 1. The van der Waals surface area contributed by atoms with E-state index in [1.54, 1.807) is 4.90 Å². The summed E-state index contributed by atoms with van der Waals surface area (Å²) in [5.74, 6) is 0.115. The summed E-state index contributed by atoms with van der Waals surface area (Å²) in [5, 5.41) is 8.97. The van der Waals surface area contributed by atoms with Gasteiger partial charge >= 0.3 is 0 Å². The van der Waals surface area contributed by atoms with Crippen LogP contribution in [0.1, 0.15) is 16.9 Å². The molecule has 0 saturated carbocycles. The van der Waals surface area contributed by atoms with Crippen molar-refractivity contribution in [2.45, 2.75) is 6.42 Å². The lowest BCUT2D eigenvalue weighted by atomic mass is 10.1. The van der Waals surface area contributed by atoms with Crippen LogP contribution in [0, 0.1) is 5.92 Å². The Hall–Kier alpha value is -1.49. The van der Waals surface area contributed by atoms with E-state index in [2.05, 4.69) is 9.97 Å². The number of carbonyl (C=O) groups excluding carboxylic acids is 1. The van der Waals surface area contributed by atoms with Gasteiger partial charge in [0.05, 0.1) is 6.20 Å². The number of amides is 1. The molecule has 1 aliphatic rings. The van der Waals surface area contributed by atoms with Gasteiger partial charge in [0.2, 0.25) is 0 Å². The van der Waals surface area contributed by atoms with Gasteiger partial charge < -0.3 is 10.0 Å². The van der Waals surface area contributed by atoms with Crippen LogP contribution in [-0.2, 0) is 0 Å². The number of likely N-dealkylation sites (tertiary alicyclic amines) is 1. The summed E-state index contributed by atoms with van der Waals surface area (Å²) in [6.07, 6.45) is 5.38. The van der Waals surface area contributed by atoms with Crippen molar-refractivity contribution < 1.29 is 9.90 Å². The summed E-state index contributed by atoms with van der Waals surface area (Å²) in [4.78, 5) is 21.4.